The normalized spacial score (nSPS) is 16.9. The number of nitrogens with zero attached hydrogens (tertiary/aromatic N) is 3. The lowest BCUT2D eigenvalue weighted by Crippen LogP contribution is -2.51. The molecule has 0 bridgehead atoms. The fourth-order valence-corrected chi connectivity index (χ4v) is 4.51. The van der Waals surface area contributed by atoms with E-state index in [1.54, 1.807) is 18.0 Å². The van der Waals surface area contributed by atoms with Gasteiger partial charge in [0.05, 0.1) is 17.0 Å². The Kier molecular flexibility index (Phi) is 6.43. The average molecular weight is 486 g/mol. The van der Waals surface area contributed by atoms with Crippen LogP contribution in [0.4, 0.5) is 26.2 Å². The third-order valence-electron chi connectivity index (χ3n) is 6.62. The zero-order valence-corrected chi connectivity index (χ0v) is 20.3. The maximum Gasteiger partial charge on any atom is 0.324 e. The van der Waals surface area contributed by atoms with E-state index in [1.165, 1.54) is 12.1 Å². The number of carbonyl (C=O) groups excluding carboxylic acids is 2. The molecule has 184 valence electrons. The van der Waals surface area contributed by atoms with Gasteiger partial charge < -0.3 is 20.4 Å². The van der Waals surface area contributed by atoms with Crippen LogP contribution in [0.2, 0.25) is 0 Å². The second-order valence-electron chi connectivity index (χ2n) is 9.06. The van der Waals surface area contributed by atoms with Crippen molar-refractivity contribution >= 4 is 40.3 Å². The topological polar surface area (TPSA) is 67.9 Å². The standard InChI is InChI=1S/C28H28FN5O2/c1-32-14-16-34(17-15-32)28(36)33(2)22-11-9-21(10-12-22)30-26(19-6-4-3-5-7-19)25-23-13-8-20(29)18-24(23)31-27(25)35/h3-13,18,30H,14-17H2,1-2H3,(H,31,35)/b26-25-. The first-order chi connectivity index (χ1) is 17.4. The van der Waals surface area contributed by atoms with Crippen molar-refractivity contribution < 1.29 is 14.0 Å². The first-order valence-electron chi connectivity index (χ1n) is 11.9. The number of likely N-dealkylation sites (N-methyl/N-ethyl adjacent to an activating group) is 1. The highest BCUT2D eigenvalue weighted by Crippen LogP contribution is 2.38. The molecule has 0 saturated carbocycles. The fraction of sp³-hybridized carbons (Fsp3) is 0.214. The maximum absolute atomic E-state index is 13.8. The van der Waals surface area contributed by atoms with Gasteiger partial charge in [-0.25, -0.2) is 9.18 Å². The molecule has 0 spiro atoms. The lowest BCUT2D eigenvalue weighted by molar-refractivity contribution is -0.110. The molecule has 1 saturated heterocycles. The van der Waals surface area contributed by atoms with Crippen LogP contribution in [0.1, 0.15) is 11.1 Å². The van der Waals surface area contributed by atoms with Crippen LogP contribution in [0.15, 0.2) is 72.8 Å². The minimum Gasteiger partial charge on any atom is -0.354 e. The van der Waals surface area contributed by atoms with Crippen molar-refractivity contribution in [3.63, 3.8) is 0 Å². The number of halogens is 1. The number of rotatable bonds is 4. The second kappa shape index (κ2) is 9.83. The lowest BCUT2D eigenvalue weighted by Gasteiger charge is -2.35. The zero-order chi connectivity index (χ0) is 25.2. The number of hydrogen-bond acceptors (Lipinski definition) is 4. The molecule has 3 amide bonds. The molecule has 1 fully saturated rings. The van der Waals surface area contributed by atoms with Gasteiger partial charge in [-0.2, -0.15) is 0 Å². The second-order valence-corrected chi connectivity index (χ2v) is 9.06. The van der Waals surface area contributed by atoms with Crippen LogP contribution in [-0.4, -0.2) is 62.0 Å². The van der Waals surface area contributed by atoms with Crippen LogP contribution < -0.4 is 15.5 Å². The monoisotopic (exact) mass is 485 g/mol. The van der Waals surface area contributed by atoms with E-state index in [-0.39, 0.29) is 11.9 Å². The summed E-state index contributed by atoms with van der Waals surface area (Å²) in [6, 6.07) is 21.3. The Hall–Kier alpha value is -4.17. The highest BCUT2D eigenvalue weighted by molar-refractivity contribution is 6.37. The van der Waals surface area contributed by atoms with Crippen molar-refractivity contribution in [1.82, 2.24) is 9.80 Å². The van der Waals surface area contributed by atoms with Gasteiger partial charge in [-0.1, -0.05) is 30.3 Å². The number of amides is 3. The molecule has 7 nitrogen and oxygen atoms in total. The first-order valence-corrected chi connectivity index (χ1v) is 11.9. The van der Waals surface area contributed by atoms with Gasteiger partial charge in [0.25, 0.3) is 5.91 Å². The number of hydrogen-bond donors (Lipinski definition) is 2. The number of nitrogens with one attached hydrogen (secondary N) is 2. The number of anilines is 3. The highest BCUT2D eigenvalue weighted by Gasteiger charge is 2.29. The molecule has 2 heterocycles. The molecule has 0 atom stereocenters. The van der Waals surface area contributed by atoms with Crippen LogP contribution in [0.3, 0.4) is 0 Å². The van der Waals surface area contributed by atoms with Crippen LogP contribution in [0.25, 0.3) is 11.3 Å². The zero-order valence-electron chi connectivity index (χ0n) is 20.3. The molecule has 3 aromatic rings. The molecule has 2 aliphatic rings. The summed E-state index contributed by atoms with van der Waals surface area (Å²) in [5.41, 5.74) is 4.51. The predicted octanol–water partition coefficient (Wildman–Crippen LogP) is 4.56. The van der Waals surface area contributed by atoms with Gasteiger partial charge in [0.2, 0.25) is 0 Å². The number of benzene rings is 3. The number of urea groups is 1. The van der Waals surface area contributed by atoms with Gasteiger partial charge in [-0.3, -0.25) is 9.69 Å². The van der Waals surface area contributed by atoms with E-state index in [4.69, 9.17) is 0 Å². The third-order valence-corrected chi connectivity index (χ3v) is 6.62. The van der Waals surface area contributed by atoms with Crippen molar-refractivity contribution in [2.24, 2.45) is 0 Å². The molecule has 8 heteroatoms. The van der Waals surface area contributed by atoms with Crippen LogP contribution in [0.5, 0.6) is 0 Å². The van der Waals surface area contributed by atoms with Crippen molar-refractivity contribution in [3.8, 4) is 0 Å². The Morgan fingerprint density at radius 2 is 1.67 bits per heavy atom. The van der Waals surface area contributed by atoms with E-state index in [2.05, 4.69) is 22.6 Å². The summed E-state index contributed by atoms with van der Waals surface area (Å²) >= 11 is 0. The molecular formula is C28H28FN5O2. The van der Waals surface area contributed by atoms with Crippen molar-refractivity contribution in [1.29, 1.82) is 0 Å². The summed E-state index contributed by atoms with van der Waals surface area (Å²) in [6.45, 7) is 3.15. The van der Waals surface area contributed by atoms with Gasteiger partial charge in [0.15, 0.2) is 0 Å². The molecule has 0 aliphatic carbocycles. The molecule has 5 rings (SSSR count). The van der Waals surface area contributed by atoms with E-state index < -0.39 is 5.82 Å². The Bertz CT molecular complexity index is 1320. The molecule has 2 aliphatic heterocycles. The summed E-state index contributed by atoms with van der Waals surface area (Å²) < 4.78 is 13.8. The third kappa shape index (κ3) is 4.67. The van der Waals surface area contributed by atoms with Crippen LogP contribution in [0, 0.1) is 5.82 Å². The molecule has 2 N–H and O–H groups in total. The Balaban J connectivity index is 1.43. The number of piperazine rings is 1. The van der Waals surface area contributed by atoms with E-state index in [0.717, 1.165) is 30.0 Å². The number of fused-ring (bicyclic) bond motifs is 1. The smallest absolute Gasteiger partial charge is 0.324 e. The van der Waals surface area contributed by atoms with E-state index in [9.17, 15) is 14.0 Å². The maximum atomic E-state index is 13.8. The first kappa shape index (κ1) is 23.6. The SMILES string of the molecule is CN1CCN(C(=O)N(C)c2ccc(N/C(=C3\C(=O)Nc4cc(F)ccc43)c3ccccc3)cc2)CC1. The predicted molar refractivity (Wildman–Crippen MR) is 141 cm³/mol. The van der Waals surface area contributed by atoms with Crippen molar-refractivity contribution in [2.75, 3.05) is 55.8 Å². The Morgan fingerprint density at radius 3 is 2.36 bits per heavy atom. The minimum atomic E-state index is -0.407. The van der Waals surface area contributed by atoms with Gasteiger partial charge >= 0.3 is 6.03 Å². The highest BCUT2D eigenvalue weighted by atomic mass is 19.1. The van der Waals surface area contributed by atoms with Crippen LogP contribution >= 0.6 is 0 Å². The van der Waals surface area contributed by atoms with E-state index in [1.807, 2.05) is 59.5 Å². The molecule has 0 aromatic heterocycles. The van der Waals surface area contributed by atoms with Gasteiger partial charge in [-0.15, -0.1) is 0 Å². The Labute approximate surface area is 209 Å². The molecular weight excluding hydrogens is 457 g/mol. The molecule has 36 heavy (non-hydrogen) atoms. The molecule has 3 aromatic carbocycles. The van der Waals surface area contributed by atoms with E-state index >= 15 is 0 Å². The average Bonchev–Trinajstić information content (AvgIpc) is 3.22. The summed E-state index contributed by atoms with van der Waals surface area (Å²) in [5.74, 6) is -0.702. The molecule has 0 unspecified atom stereocenters. The summed E-state index contributed by atoms with van der Waals surface area (Å²) in [5, 5.41) is 6.16. The summed E-state index contributed by atoms with van der Waals surface area (Å²) in [4.78, 5) is 31.6. The lowest BCUT2D eigenvalue weighted by atomic mass is 10.00. The van der Waals surface area contributed by atoms with Crippen LogP contribution in [-0.2, 0) is 4.79 Å². The quantitative estimate of drug-likeness (QED) is 0.532. The van der Waals surface area contributed by atoms with E-state index in [0.29, 0.717) is 35.6 Å². The van der Waals surface area contributed by atoms with Crippen molar-refractivity contribution in [2.45, 2.75) is 0 Å². The summed E-state index contributed by atoms with van der Waals surface area (Å²) in [7, 11) is 3.84. The van der Waals surface area contributed by atoms with Gasteiger partial charge in [0, 0.05) is 50.2 Å². The van der Waals surface area contributed by atoms with Crippen molar-refractivity contribution in [3.05, 3.63) is 89.7 Å². The van der Waals surface area contributed by atoms with Gasteiger partial charge in [-0.05, 0) is 55.1 Å². The van der Waals surface area contributed by atoms with Gasteiger partial charge in [0.1, 0.15) is 5.82 Å². The Morgan fingerprint density at radius 1 is 0.972 bits per heavy atom. The fourth-order valence-electron chi connectivity index (χ4n) is 4.51. The summed E-state index contributed by atoms with van der Waals surface area (Å²) in [6.07, 6.45) is 0. The largest absolute Gasteiger partial charge is 0.354 e. The molecule has 0 radical (unpaired) electrons. The minimum absolute atomic E-state index is 0.0256. The number of carbonyl (C=O) groups is 2.